The monoisotopic (exact) mass is 368 g/mol. The quantitative estimate of drug-likeness (QED) is 0.728. The van der Waals surface area contributed by atoms with Gasteiger partial charge in [0.1, 0.15) is 0 Å². The van der Waals surface area contributed by atoms with Gasteiger partial charge in [0.05, 0.1) is 6.04 Å². The standard InChI is InChI=1S/C21H28N4O2/c1-14-6-9-17(10-7-14)20(25(4)5)13-22-21(27)24-19-12-18(23-16(3)26)11-8-15(19)2/h6-12,20H,13H2,1-5H3,(H,23,26)(H2,22,24,27). The molecule has 3 N–H and O–H groups in total. The Hall–Kier alpha value is -2.86. The minimum absolute atomic E-state index is 0.0724. The molecule has 0 heterocycles. The van der Waals surface area contributed by atoms with Crippen molar-refractivity contribution in [2.75, 3.05) is 31.3 Å². The van der Waals surface area contributed by atoms with Crippen molar-refractivity contribution >= 4 is 23.3 Å². The van der Waals surface area contributed by atoms with E-state index in [4.69, 9.17) is 0 Å². The molecule has 6 heteroatoms. The lowest BCUT2D eigenvalue weighted by Gasteiger charge is -2.25. The van der Waals surface area contributed by atoms with Crippen LogP contribution in [0, 0.1) is 13.8 Å². The molecule has 3 amide bonds. The van der Waals surface area contributed by atoms with Crippen LogP contribution < -0.4 is 16.0 Å². The maximum atomic E-state index is 12.4. The summed E-state index contributed by atoms with van der Waals surface area (Å²) in [7, 11) is 3.98. The van der Waals surface area contributed by atoms with Crippen molar-refractivity contribution in [2.45, 2.75) is 26.8 Å². The van der Waals surface area contributed by atoms with Gasteiger partial charge in [-0.2, -0.15) is 0 Å². The molecule has 6 nitrogen and oxygen atoms in total. The number of aryl methyl sites for hydroxylation is 2. The summed E-state index contributed by atoms with van der Waals surface area (Å²) in [5.74, 6) is -0.152. The average Bonchev–Trinajstić information content (AvgIpc) is 2.59. The molecule has 0 aliphatic heterocycles. The Morgan fingerprint density at radius 3 is 2.26 bits per heavy atom. The van der Waals surface area contributed by atoms with E-state index in [1.165, 1.54) is 12.5 Å². The van der Waals surface area contributed by atoms with Crippen LogP contribution in [-0.2, 0) is 4.79 Å². The zero-order valence-electron chi connectivity index (χ0n) is 16.6. The summed E-state index contributed by atoms with van der Waals surface area (Å²) in [6.45, 7) is 5.89. The molecule has 0 fully saturated rings. The van der Waals surface area contributed by atoms with Gasteiger partial charge in [-0.3, -0.25) is 4.79 Å². The first-order valence-electron chi connectivity index (χ1n) is 8.92. The predicted molar refractivity (Wildman–Crippen MR) is 110 cm³/mol. The van der Waals surface area contributed by atoms with Crippen LogP contribution in [0.2, 0.25) is 0 Å². The minimum Gasteiger partial charge on any atom is -0.336 e. The predicted octanol–water partition coefficient (Wildman–Crippen LogP) is 3.69. The molecule has 0 bridgehead atoms. The first-order chi connectivity index (χ1) is 12.8. The summed E-state index contributed by atoms with van der Waals surface area (Å²) in [5.41, 5.74) is 4.58. The molecular weight excluding hydrogens is 340 g/mol. The summed E-state index contributed by atoms with van der Waals surface area (Å²) in [6.07, 6.45) is 0. The maximum absolute atomic E-state index is 12.4. The Labute approximate surface area is 161 Å². The lowest BCUT2D eigenvalue weighted by molar-refractivity contribution is -0.114. The van der Waals surface area contributed by atoms with Crippen molar-refractivity contribution < 1.29 is 9.59 Å². The fourth-order valence-electron chi connectivity index (χ4n) is 2.78. The molecular formula is C21H28N4O2. The fourth-order valence-corrected chi connectivity index (χ4v) is 2.78. The molecule has 0 spiro atoms. The van der Waals surface area contributed by atoms with E-state index < -0.39 is 0 Å². The van der Waals surface area contributed by atoms with Crippen LogP contribution in [0.3, 0.4) is 0 Å². The van der Waals surface area contributed by atoms with Gasteiger partial charge in [0.25, 0.3) is 0 Å². The number of likely N-dealkylation sites (N-methyl/N-ethyl adjacent to an activating group) is 1. The summed E-state index contributed by atoms with van der Waals surface area (Å²) in [5, 5.41) is 8.51. The van der Waals surface area contributed by atoms with E-state index in [1.807, 2.05) is 27.1 Å². The number of carbonyl (C=O) groups is 2. The molecule has 0 radical (unpaired) electrons. The summed E-state index contributed by atoms with van der Waals surface area (Å²) < 4.78 is 0. The normalized spacial score (nSPS) is 11.8. The SMILES string of the molecule is CC(=O)Nc1ccc(C)c(NC(=O)NCC(c2ccc(C)cc2)N(C)C)c1. The van der Waals surface area contributed by atoms with E-state index in [1.54, 1.807) is 12.1 Å². The van der Waals surface area contributed by atoms with Crippen molar-refractivity contribution in [3.05, 3.63) is 59.2 Å². The van der Waals surface area contributed by atoms with E-state index in [0.29, 0.717) is 17.9 Å². The van der Waals surface area contributed by atoms with Gasteiger partial charge in [-0.15, -0.1) is 0 Å². The Bertz CT molecular complexity index is 800. The highest BCUT2D eigenvalue weighted by Gasteiger charge is 2.15. The molecule has 2 aromatic rings. The minimum atomic E-state index is -0.281. The van der Waals surface area contributed by atoms with Crippen molar-refractivity contribution in [3.8, 4) is 0 Å². The van der Waals surface area contributed by atoms with Crippen molar-refractivity contribution in [3.63, 3.8) is 0 Å². The fraction of sp³-hybridized carbons (Fsp3) is 0.333. The Kier molecular flexibility index (Phi) is 6.96. The smallest absolute Gasteiger partial charge is 0.319 e. The second-order valence-electron chi connectivity index (χ2n) is 6.94. The highest BCUT2D eigenvalue weighted by molar-refractivity contribution is 5.93. The number of anilines is 2. The third kappa shape index (κ3) is 6.11. The topological polar surface area (TPSA) is 73.5 Å². The zero-order valence-corrected chi connectivity index (χ0v) is 16.6. The van der Waals surface area contributed by atoms with E-state index in [9.17, 15) is 9.59 Å². The van der Waals surface area contributed by atoms with Gasteiger partial charge in [0, 0.05) is 24.8 Å². The van der Waals surface area contributed by atoms with Gasteiger partial charge >= 0.3 is 6.03 Å². The van der Waals surface area contributed by atoms with Crippen LogP contribution in [0.1, 0.15) is 29.7 Å². The van der Waals surface area contributed by atoms with Crippen LogP contribution in [-0.4, -0.2) is 37.5 Å². The van der Waals surface area contributed by atoms with Crippen LogP contribution >= 0.6 is 0 Å². The molecule has 0 saturated carbocycles. The Morgan fingerprint density at radius 1 is 1.00 bits per heavy atom. The number of amides is 3. The number of nitrogens with zero attached hydrogens (tertiary/aromatic N) is 1. The Balaban J connectivity index is 2.02. The molecule has 0 saturated heterocycles. The number of nitrogens with one attached hydrogen (secondary N) is 3. The van der Waals surface area contributed by atoms with E-state index in [0.717, 1.165) is 11.1 Å². The van der Waals surface area contributed by atoms with Gasteiger partial charge in [-0.25, -0.2) is 4.79 Å². The zero-order chi connectivity index (χ0) is 20.0. The number of hydrogen-bond donors (Lipinski definition) is 3. The van der Waals surface area contributed by atoms with Crippen molar-refractivity contribution in [1.29, 1.82) is 0 Å². The summed E-state index contributed by atoms with van der Waals surface area (Å²) in [4.78, 5) is 25.7. The second-order valence-corrected chi connectivity index (χ2v) is 6.94. The third-order valence-electron chi connectivity index (χ3n) is 4.35. The van der Waals surface area contributed by atoms with E-state index in [-0.39, 0.29) is 18.0 Å². The number of rotatable bonds is 6. The average molecular weight is 368 g/mol. The van der Waals surface area contributed by atoms with Crippen molar-refractivity contribution in [1.82, 2.24) is 10.2 Å². The summed E-state index contributed by atoms with van der Waals surface area (Å²) >= 11 is 0. The number of benzene rings is 2. The highest BCUT2D eigenvalue weighted by Crippen LogP contribution is 2.21. The molecule has 0 aromatic heterocycles. The largest absolute Gasteiger partial charge is 0.336 e. The molecule has 27 heavy (non-hydrogen) atoms. The molecule has 144 valence electrons. The van der Waals surface area contributed by atoms with Crippen molar-refractivity contribution in [2.24, 2.45) is 0 Å². The summed E-state index contributed by atoms with van der Waals surface area (Å²) in [6, 6.07) is 13.5. The molecule has 0 aliphatic rings. The number of urea groups is 1. The van der Waals surface area contributed by atoms with Gasteiger partial charge in [-0.1, -0.05) is 35.9 Å². The highest BCUT2D eigenvalue weighted by atomic mass is 16.2. The Morgan fingerprint density at radius 2 is 1.67 bits per heavy atom. The van der Waals surface area contributed by atoms with Gasteiger partial charge in [-0.05, 0) is 51.2 Å². The molecule has 2 rings (SSSR count). The van der Waals surface area contributed by atoms with Crippen LogP contribution in [0.4, 0.5) is 16.2 Å². The molecule has 1 unspecified atom stereocenters. The van der Waals surface area contributed by atoms with E-state index >= 15 is 0 Å². The second kappa shape index (κ2) is 9.19. The van der Waals surface area contributed by atoms with E-state index in [2.05, 4.69) is 52.0 Å². The van der Waals surface area contributed by atoms with Gasteiger partial charge in [0.2, 0.25) is 5.91 Å². The maximum Gasteiger partial charge on any atom is 0.319 e. The van der Waals surface area contributed by atoms with Crippen LogP contribution in [0.15, 0.2) is 42.5 Å². The lowest BCUT2D eigenvalue weighted by Crippen LogP contribution is -2.37. The third-order valence-corrected chi connectivity index (χ3v) is 4.35. The molecule has 1 atom stereocenters. The number of carbonyl (C=O) groups excluding carboxylic acids is 2. The van der Waals surface area contributed by atoms with Crippen LogP contribution in [0.25, 0.3) is 0 Å². The van der Waals surface area contributed by atoms with Gasteiger partial charge in [0.15, 0.2) is 0 Å². The van der Waals surface area contributed by atoms with Crippen LogP contribution in [0.5, 0.6) is 0 Å². The first-order valence-corrected chi connectivity index (χ1v) is 8.92. The van der Waals surface area contributed by atoms with Gasteiger partial charge < -0.3 is 20.9 Å². The molecule has 2 aromatic carbocycles. The molecule has 0 aliphatic carbocycles. The number of hydrogen-bond acceptors (Lipinski definition) is 3. The lowest BCUT2D eigenvalue weighted by atomic mass is 10.0. The first kappa shape index (κ1) is 20.5.